The fourth-order valence-electron chi connectivity index (χ4n) is 1.03. The highest BCUT2D eigenvalue weighted by Crippen LogP contribution is 2.14. The van der Waals surface area contributed by atoms with Gasteiger partial charge in [0.15, 0.2) is 5.13 Å². The van der Waals surface area contributed by atoms with Gasteiger partial charge in [0.25, 0.3) is 0 Å². The van der Waals surface area contributed by atoms with E-state index in [1.165, 1.54) is 11.3 Å². The molecule has 1 heterocycles. The third-order valence-corrected chi connectivity index (χ3v) is 2.94. The molecule has 0 saturated heterocycles. The average molecular weight is 257 g/mol. The summed E-state index contributed by atoms with van der Waals surface area (Å²) in [6, 6.07) is 0. The number of carbonyl (C=O) groups excluding carboxylic acids is 1. The van der Waals surface area contributed by atoms with Gasteiger partial charge in [0, 0.05) is 11.9 Å². The van der Waals surface area contributed by atoms with Gasteiger partial charge in [0.05, 0.1) is 17.5 Å². The van der Waals surface area contributed by atoms with Crippen molar-refractivity contribution in [2.45, 2.75) is 20.3 Å². The highest BCUT2D eigenvalue weighted by Gasteiger charge is 2.27. The second kappa shape index (κ2) is 5.13. The van der Waals surface area contributed by atoms with E-state index in [-0.39, 0.29) is 18.9 Å². The molecule has 0 aliphatic rings. The van der Waals surface area contributed by atoms with Crippen LogP contribution in [-0.4, -0.2) is 28.5 Å². The van der Waals surface area contributed by atoms with Crippen LogP contribution in [0.3, 0.4) is 0 Å². The third-order valence-electron chi connectivity index (χ3n) is 2.22. The van der Waals surface area contributed by atoms with Gasteiger partial charge < -0.3 is 16.2 Å². The Morgan fingerprint density at radius 3 is 2.71 bits per heavy atom. The summed E-state index contributed by atoms with van der Waals surface area (Å²) >= 11 is 1.27. The number of carbonyl (C=O) groups is 2. The van der Waals surface area contributed by atoms with E-state index in [0.717, 1.165) is 0 Å². The van der Waals surface area contributed by atoms with Gasteiger partial charge in [0.2, 0.25) is 5.91 Å². The Kier molecular flexibility index (Phi) is 4.06. The van der Waals surface area contributed by atoms with Gasteiger partial charge in [-0.2, -0.15) is 0 Å². The van der Waals surface area contributed by atoms with Crippen molar-refractivity contribution < 1.29 is 14.7 Å². The number of hydrogen-bond acceptors (Lipinski definition) is 5. The predicted octanol–water partition coefficient (Wildman–Crippen LogP) is 0.495. The summed E-state index contributed by atoms with van der Waals surface area (Å²) in [6.45, 7) is 3.19. The lowest BCUT2D eigenvalue weighted by atomic mass is 9.94. The maximum Gasteiger partial charge on any atom is 0.310 e. The molecule has 7 heteroatoms. The van der Waals surface area contributed by atoms with Gasteiger partial charge in [0.1, 0.15) is 0 Å². The van der Waals surface area contributed by atoms with Crippen LogP contribution in [0, 0.1) is 5.41 Å². The number of nitrogens with zero attached hydrogens (tertiary/aromatic N) is 1. The number of nitrogens with one attached hydrogen (secondary N) is 1. The zero-order chi connectivity index (χ0) is 13.1. The van der Waals surface area contributed by atoms with Crippen LogP contribution in [-0.2, 0) is 16.0 Å². The summed E-state index contributed by atoms with van der Waals surface area (Å²) in [7, 11) is 0. The molecule has 6 nitrogen and oxygen atoms in total. The molecule has 0 unspecified atom stereocenters. The molecule has 0 aliphatic carbocycles. The number of carboxylic acids is 1. The first kappa shape index (κ1) is 13.4. The minimum absolute atomic E-state index is 0.0841. The molecule has 17 heavy (non-hydrogen) atoms. The van der Waals surface area contributed by atoms with Crippen molar-refractivity contribution in [1.82, 2.24) is 10.3 Å². The molecule has 94 valence electrons. The number of rotatable bonds is 5. The maximum atomic E-state index is 11.5. The number of aromatic nitrogens is 1. The van der Waals surface area contributed by atoms with E-state index in [9.17, 15) is 9.59 Å². The summed E-state index contributed by atoms with van der Waals surface area (Å²) in [5.74, 6) is -1.21. The minimum atomic E-state index is -0.975. The molecular formula is C10H15N3O3S. The Labute approximate surface area is 103 Å². The van der Waals surface area contributed by atoms with Gasteiger partial charge >= 0.3 is 5.97 Å². The van der Waals surface area contributed by atoms with Crippen LogP contribution in [0.1, 0.15) is 19.5 Å². The van der Waals surface area contributed by atoms with Gasteiger partial charge in [-0.3, -0.25) is 9.59 Å². The molecule has 0 radical (unpaired) electrons. The van der Waals surface area contributed by atoms with Crippen molar-refractivity contribution in [3.8, 4) is 0 Å². The van der Waals surface area contributed by atoms with Crippen LogP contribution in [0.15, 0.2) is 5.38 Å². The number of amides is 1. The van der Waals surface area contributed by atoms with E-state index in [4.69, 9.17) is 10.8 Å². The SMILES string of the molecule is CC(C)(CNC(=O)Cc1csc(N)n1)C(=O)O. The van der Waals surface area contributed by atoms with E-state index in [0.29, 0.717) is 10.8 Å². The zero-order valence-corrected chi connectivity index (χ0v) is 10.5. The van der Waals surface area contributed by atoms with Gasteiger partial charge in [-0.1, -0.05) is 0 Å². The molecule has 1 amide bonds. The van der Waals surface area contributed by atoms with Crippen molar-refractivity contribution in [2.75, 3.05) is 12.3 Å². The standard InChI is InChI=1S/C10H15N3O3S/c1-10(2,8(15)16)5-12-7(14)3-6-4-17-9(11)13-6/h4H,3,5H2,1-2H3,(H2,11,13)(H,12,14)(H,15,16). The van der Waals surface area contributed by atoms with Crippen LogP contribution in [0.5, 0.6) is 0 Å². The van der Waals surface area contributed by atoms with Crippen molar-refractivity contribution in [3.05, 3.63) is 11.1 Å². The molecule has 0 aromatic carbocycles. The molecule has 0 saturated carbocycles. The lowest BCUT2D eigenvalue weighted by molar-refractivity contribution is -0.146. The Hall–Kier alpha value is -1.63. The van der Waals surface area contributed by atoms with Crippen molar-refractivity contribution in [3.63, 3.8) is 0 Å². The van der Waals surface area contributed by atoms with Crippen molar-refractivity contribution >= 4 is 28.3 Å². The second-order valence-electron chi connectivity index (χ2n) is 4.32. The van der Waals surface area contributed by atoms with Gasteiger partial charge in [-0.15, -0.1) is 11.3 Å². The minimum Gasteiger partial charge on any atom is -0.481 e. The molecule has 0 atom stereocenters. The van der Waals surface area contributed by atoms with Gasteiger partial charge in [-0.05, 0) is 13.8 Å². The third kappa shape index (κ3) is 4.03. The summed E-state index contributed by atoms with van der Waals surface area (Å²) < 4.78 is 0. The van der Waals surface area contributed by atoms with E-state index in [2.05, 4.69) is 10.3 Å². The summed E-state index contributed by atoms with van der Waals surface area (Å²) in [5, 5.41) is 13.6. The topological polar surface area (TPSA) is 105 Å². The molecule has 0 bridgehead atoms. The molecule has 0 fully saturated rings. The number of aliphatic carboxylic acids is 1. The number of nitrogen functional groups attached to an aromatic ring is 1. The van der Waals surface area contributed by atoms with Crippen LogP contribution in [0.25, 0.3) is 0 Å². The smallest absolute Gasteiger partial charge is 0.310 e. The first-order valence-electron chi connectivity index (χ1n) is 5.01. The fraction of sp³-hybridized carbons (Fsp3) is 0.500. The number of carboxylic acid groups (broad SMARTS) is 1. The normalized spacial score (nSPS) is 11.2. The first-order valence-corrected chi connectivity index (χ1v) is 5.89. The summed E-state index contributed by atoms with van der Waals surface area (Å²) in [5.41, 5.74) is 5.06. The lowest BCUT2D eigenvalue weighted by Crippen LogP contribution is -2.39. The average Bonchev–Trinajstić information content (AvgIpc) is 2.61. The predicted molar refractivity (Wildman–Crippen MR) is 64.7 cm³/mol. The number of nitrogens with two attached hydrogens (primary N) is 1. The monoisotopic (exact) mass is 257 g/mol. The van der Waals surface area contributed by atoms with E-state index < -0.39 is 11.4 Å². The number of thiazole rings is 1. The van der Waals surface area contributed by atoms with Crippen molar-refractivity contribution in [2.24, 2.45) is 5.41 Å². The Morgan fingerprint density at radius 1 is 1.59 bits per heavy atom. The largest absolute Gasteiger partial charge is 0.481 e. The van der Waals surface area contributed by atoms with Gasteiger partial charge in [-0.25, -0.2) is 4.98 Å². The zero-order valence-electron chi connectivity index (χ0n) is 9.69. The Morgan fingerprint density at radius 2 is 2.24 bits per heavy atom. The first-order chi connectivity index (χ1) is 7.81. The van der Waals surface area contributed by atoms with E-state index in [1.807, 2.05) is 0 Å². The highest BCUT2D eigenvalue weighted by atomic mass is 32.1. The quantitative estimate of drug-likeness (QED) is 0.712. The Balaban J connectivity index is 2.43. The van der Waals surface area contributed by atoms with E-state index >= 15 is 0 Å². The fourth-order valence-corrected chi connectivity index (χ4v) is 1.59. The van der Waals surface area contributed by atoms with Crippen LogP contribution in [0.4, 0.5) is 5.13 Å². The number of hydrogen-bond donors (Lipinski definition) is 3. The van der Waals surface area contributed by atoms with E-state index in [1.54, 1.807) is 19.2 Å². The molecule has 1 rings (SSSR count). The van der Waals surface area contributed by atoms with Crippen molar-refractivity contribution in [1.29, 1.82) is 0 Å². The maximum absolute atomic E-state index is 11.5. The molecule has 0 spiro atoms. The molecule has 1 aromatic heterocycles. The summed E-state index contributed by atoms with van der Waals surface area (Å²) in [6.07, 6.45) is 0.114. The van der Waals surface area contributed by atoms with Crippen LogP contribution in [0.2, 0.25) is 0 Å². The molecule has 0 aliphatic heterocycles. The van der Waals surface area contributed by atoms with Crippen LogP contribution >= 0.6 is 11.3 Å². The molecular weight excluding hydrogens is 242 g/mol. The molecule has 1 aromatic rings. The lowest BCUT2D eigenvalue weighted by Gasteiger charge is -2.19. The Bertz CT molecular complexity index is 428. The highest BCUT2D eigenvalue weighted by molar-refractivity contribution is 7.13. The number of anilines is 1. The molecule has 4 N–H and O–H groups in total. The van der Waals surface area contributed by atoms with Crippen LogP contribution < -0.4 is 11.1 Å². The summed E-state index contributed by atoms with van der Waals surface area (Å²) in [4.78, 5) is 26.3. The second-order valence-corrected chi connectivity index (χ2v) is 5.21.